The summed E-state index contributed by atoms with van der Waals surface area (Å²) < 4.78 is 10.6. The molecule has 0 bridgehead atoms. The first-order valence-corrected chi connectivity index (χ1v) is 7.93. The van der Waals surface area contributed by atoms with Crippen molar-refractivity contribution in [2.75, 3.05) is 12.4 Å². The number of ether oxygens (including phenoxy) is 1. The molecule has 128 valence electrons. The van der Waals surface area contributed by atoms with E-state index in [9.17, 15) is 4.79 Å². The Hall–Kier alpha value is -3.15. The molecule has 1 amide bonds. The molecule has 6 heteroatoms. The van der Waals surface area contributed by atoms with E-state index in [0.29, 0.717) is 12.3 Å². The van der Waals surface area contributed by atoms with Crippen LogP contribution in [0.4, 0.5) is 6.01 Å². The molecule has 1 heterocycles. The second kappa shape index (κ2) is 7.61. The number of rotatable bonds is 6. The third-order valence-corrected chi connectivity index (χ3v) is 3.71. The van der Waals surface area contributed by atoms with Crippen LogP contribution in [0.2, 0.25) is 0 Å². The lowest BCUT2D eigenvalue weighted by molar-refractivity contribution is -0.115. The summed E-state index contributed by atoms with van der Waals surface area (Å²) in [6.45, 7) is 2.03. The molecule has 2 aromatic carbocycles. The first-order valence-electron chi connectivity index (χ1n) is 7.93. The molecule has 0 unspecified atom stereocenters. The molecule has 0 fully saturated rings. The maximum absolute atomic E-state index is 12.1. The fourth-order valence-electron chi connectivity index (χ4n) is 2.35. The van der Waals surface area contributed by atoms with Gasteiger partial charge in [0.05, 0.1) is 20.0 Å². The van der Waals surface area contributed by atoms with E-state index in [1.807, 2.05) is 55.5 Å². The van der Waals surface area contributed by atoms with Crippen LogP contribution in [0.3, 0.4) is 0 Å². The zero-order chi connectivity index (χ0) is 17.6. The Labute approximate surface area is 145 Å². The number of carbonyl (C=O) groups is 1. The predicted molar refractivity (Wildman–Crippen MR) is 93.6 cm³/mol. The molecule has 0 aliphatic heterocycles. The fraction of sp³-hybridized carbons (Fsp3) is 0.211. The van der Waals surface area contributed by atoms with E-state index in [1.165, 1.54) is 5.56 Å². The molecule has 6 nitrogen and oxygen atoms in total. The van der Waals surface area contributed by atoms with E-state index in [-0.39, 0.29) is 18.3 Å². The molecule has 0 atom stereocenters. The van der Waals surface area contributed by atoms with Gasteiger partial charge >= 0.3 is 6.01 Å². The van der Waals surface area contributed by atoms with Crippen molar-refractivity contribution >= 4 is 11.9 Å². The van der Waals surface area contributed by atoms with E-state index >= 15 is 0 Å². The maximum Gasteiger partial charge on any atom is 0.322 e. The van der Waals surface area contributed by atoms with Crippen LogP contribution in [0, 0.1) is 6.92 Å². The summed E-state index contributed by atoms with van der Waals surface area (Å²) in [7, 11) is 1.60. The van der Waals surface area contributed by atoms with Crippen molar-refractivity contribution in [3.63, 3.8) is 0 Å². The highest BCUT2D eigenvalue weighted by molar-refractivity contribution is 5.90. The summed E-state index contributed by atoms with van der Waals surface area (Å²) in [5.41, 5.74) is 3.14. The van der Waals surface area contributed by atoms with Crippen molar-refractivity contribution in [3.8, 4) is 5.75 Å². The van der Waals surface area contributed by atoms with Crippen molar-refractivity contribution in [2.45, 2.75) is 19.8 Å². The zero-order valence-corrected chi connectivity index (χ0v) is 14.2. The Morgan fingerprint density at radius 1 is 1.04 bits per heavy atom. The number of nitrogens with zero attached hydrogens (tertiary/aromatic N) is 2. The monoisotopic (exact) mass is 337 g/mol. The standard InChI is InChI=1S/C19H19N3O3/c1-13-3-5-15(6-4-13)12-18-21-22-19(25-18)20-17(23)11-14-7-9-16(24-2)10-8-14/h3-10H,11-12H2,1-2H3,(H,20,22,23). The first kappa shape index (κ1) is 16.7. The average molecular weight is 337 g/mol. The van der Waals surface area contributed by atoms with Crippen LogP contribution in [0.25, 0.3) is 0 Å². The SMILES string of the molecule is COc1ccc(CC(=O)Nc2nnc(Cc3ccc(C)cc3)o2)cc1. The molecule has 0 saturated heterocycles. The van der Waals surface area contributed by atoms with Crippen molar-refractivity contribution in [1.82, 2.24) is 10.2 Å². The number of nitrogens with one attached hydrogen (secondary N) is 1. The van der Waals surface area contributed by atoms with Gasteiger partial charge in [-0.15, -0.1) is 5.10 Å². The number of carbonyl (C=O) groups excluding carboxylic acids is 1. The Bertz CT molecular complexity index is 839. The number of hydrogen-bond donors (Lipinski definition) is 1. The molecule has 3 aromatic rings. The molecule has 0 aliphatic rings. The van der Waals surface area contributed by atoms with Crippen LogP contribution in [0.5, 0.6) is 5.75 Å². The zero-order valence-electron chi connectivity index (χ0n) is 14.2. The summed E-state index contributed by atoms with van der Waals surface area (Å²) in [4.78, 5) is 12.1. The molecule has 3 rings (SSSR count). The second-order valence-corrected chi connectivity index (χ2v) is 5.74. The van der Waals surface area contributed by atoms with Crippen molar-refractivity contribution in [2.24, 2.45) is 0 Å². The second-order valence-electron chi connectivity index (χ2n) is 5.74. The van der Waals surface area contributed by atoms with E-state index in [0.717, 1.165) is 16.9 Å². The van der Waals surface area contributed by atoms with E-state index in [4.69, 9.17) is 9.15 Å². The van der Waals surface area contributed by atoms with E-state index in [2.05, 4.69) is 15.5 Å². The van der Waals surface area contributed by atoms with Gasteiger partial charge in [0.1, 0.15) is 5.75 Å². The van der Waals surface area contributed by atoms with Crippen LogP contribution in [0.1, 0.15) is 22.6 Å². The van der Waals surface area contributed by atoms with Gasteiger partial charge in [0.2, 0.25) is 11.8 Å². The van der Waals surface area contributed by atoms with Gasteiger partial charge in [0.15, 0.2) is 0 Å². The summed E-state index contributed by atoms with van der Waals surface area (Å²) in [5, 5.41) is 10.5. The first-order chi connectivity index (χ1) is 12.1. The van der Waals surface area contributed by atoms with Gasteiger partial charge in [0, 0.05) is 0 Å². The number of aromatic nitrogens is 2. The third kappa shape index (κ3) is 4.67. The molecular weight excluding hydrogens is 318 g/mol. The van der Waals surface area contributed by atoms with Crippen LogP contribution < -0.4 is 10.1 Å². The van der Waals surface area contributed by atoms with Gasteiger partial charge in [-0.3, -0.25) is 10.1 Å². The number of hydrogen-bond acceptors (Lipinski definition) is 5. The Kier molecular flexibility index (Phi) is 5.09. The lowest BCUT2D eigenvalue weighted by Gasteiger charge is -2.03. The summed E-state index contributed by atoms with van der Waals surface area (Å²) in [5.74, 6) is 1.00. The highest BCUT2D eigenvalue weighted by atomic mass is 16.5. The van der Waals surface area contributed by atoms with Gasteiger partial charge in [0.25, 0.3) is 0 Å². The molecular formula is C19H19N3O3. The highest BCUT2D eigenvalue weighted by Gasteiger charge is 2.11. The predicted octanol–water partition coefficient (Wildman–Crippen LogP) is 3.16. The molecule has 0 aliphatic carbocycles. The van der Waals surface area contributed by atoms with E-state index in [1.54, 1.807) is 7.11 Å². The number of benzene rings is 2. The quantitative estimate of drug-likeness (QED) is 0.747. The van der Waals surface area contributed by atoms with Crippen molar-refractivity contribution in [3.05, 3.63) is 71.1 Å². The average Bonchev–Trinajstić information content (AvgIpc) is 3.04. The number of anilines is 1. The Morgan fingerprint density at radius 3 is 2.40 bits per heavy atom. The minimum Gasteiger partial charge on any atom is -0.497 e. The summed E-state index contributed by atoms with van der Waals surface area (Å²) in [6, 6.07) is 15.5. The smallest absolute Gasteiger partial charge is 0.322 e. The van der Waals surface area contributed by atoms with Crippen LogP contribution in [-0.2, 0) is 17.6 Å². The largest absolute Gasteiger partial charge is 0.497 e. The number of aryl methyl sites for hydroxylation is 1. The Balaban J connectivity index is 1.56. The van der Waals surface area contributed by atoms with Gasteiger partial charge in [-0.25, -0.2) is 0 Å². The normalized spacial score (nSPS) is 10.5. The van der Waals surface area contributed by atoms with Crippen LogP contribution in [0.15, 0.2) is 52.9 Å². The number of amides is 1. The lowest BCUT2D eigenvalue weighted by atomic mass is 10.1. The van der Waals surface area contributed by atoms with Gasteiger partial charge in [-0.2, -0.15) is 0 Å². The highest BCUT2D eigenvalue weighted by Crippen LogP contribution is 2.14. The maximum atomic E-state index is 12.1. The van der Waals surface area contributed by atoms with Gasteiger partial charge in [-0.1, -0.05) is 47.1 Å². The fourth-order valence-corrected chi connectivity index (χ4v) is 2.35. The van der Waals surface area contributed by atoms with Crippen LogP contribution in [-0.4, -0.2) is 23.2 Å². The topological polar surface area (TPSA) is 77.2 Å². The molecule has 0 radical (unpaired) electrons. The summed E-state index contributed by atoms with van der Waals surface area (Å²) >= 11 is 0. The van der Waals surface area contributed by atoms with Gasteiger partial charge in [-0.05, 0) is 30.2 Å². The number of methoxy groups -OCH3 is 1. The minimum absolute atomic E-state index is 0.112. The lowest BCUT2D eigenvalue weighted by Crippen LogP contribution is -2.14. The molecule has 1 N–H and O–H groups in total. The van der Waals surface area contributed by atoms with Crippen LogP contribution >= 0.6 is 0 Å². The molecule has 0 spiro atoms. The van der Waals surface area contributed by atoms with Gasteiger partial charge < -0.3 is 9.15 Å². The third-order valence-electron chi connectivity index (χ3n) is 3.71. The summed E-state index contributed by atoms with van der Waals surface area (Å²) in [6.07, 6.45) is 0.751. The van der Waals surface area contributed by atoms with Crippen molar-refractivity contribution < 1.29 is 13.9 Å². The Morgan fingerprint density at radius 2 is 1.72 bits per heavy atom. The minimum atomic E-state index is -0.212. The molecule has 25 heavy (non-hydrogen) atoms. The molecule has 1 aromatic heterocycles. The van der Waals surface area contributed by atoms with E-state index < -0.39 is 0 Å². The molecule has 0 saturated carbocycles. The van der Waals surface area contributed by atoms with Crippen molar-refractivity contribution in [1.29, 1.82) is 0 Å².